The monoisotopic (exact) mass is 751 g/mol. The van der Waals surface area contributed by atoms with Crippen molar-refractivity contribution in [3.05, 3.63) is 206 Å². The summed E-state index contributed by atoms with van der Waals surface area (Å²) in [7, 11) is 0. The first kappa shape index (κ1) is 33.9. The van der Waals surface area contributed by atoms with Crippen LogP contribution in [0.25, 0.3) is 78.7 Å². The Kier molecular flexibility index (Phi) is 8.64. The third kappa shape index (κ3) is 6.10. The lowest BCUT2D eigenvalue weighted by Crippen LogP contribution is -2.20. The van der Waals surface area contributed by atoms with Crippen molar-refractivity contribution in [3.63, 3.8) is 0 Å². The Bertz CT molecular complexity index is 2840. The van der Waals surface area contributed by atoms with Crippen LogP contribution in [0.4, 0.5) is 0 Å². The summed E-state index contributed by atoms with van der Waals surface area (Å²) in [5.74, 6) is 1.93. The molecule has 2 heterocycles. The maximum absolute atomic E-state index is 6.59. The van der Waals surface area contributed by atoms with Crippen LogP contribution in [0.2, 0.25) is 0 Å². The fourth-order valence-electron chi connectivity index (χ4n) is 7.68. The molecule has 0 saturated carbocycles. The highest BCUT2D eigenvalue weighted by Crippen LogP contribution is 2.52. The van der Waals surface area contributed by atoms with E-state index in [1.165, 1.54) is 43.7 Å². The average molecular weight is 752 g/mol. The van der Waals surface area contributed by atoms with Crippen LogP contribution in [0, 0.1) is 0 Å². The van der Waals surface area contributed by atoms with Gasteiger partial charge >= 0.3 is 0 Å². The highest BCUT2D eigenvalue weighted by Gasteiger charge is 2.35. The smallest absolute Gasteiger partial charge is 0.164 e. The summed E-state index contributed by atoms with van der Waals surface area (Å²) in [4.78, 5) is 14.8. The normalized spacial score (nSPS) is 12.5. The number of aromatic nitrogens is 3. The van der Waals surface area contributed by atoms with E-state index in [0.29, 0.717) is 17.5 Å². The van der Waals surface area contributed by atoms with E-state index < -0.39 is 6.04 Å². The van der Waals surface area contributed by atoms with Crippen LogP contribution in [-0.2, 0) is 11.8 Å². The van der Waals surface area contributed by atoms with Crippen LogP contribution in [0.1, 0.15) is 0 Å². The third-order valence-electron chi connectivity index (χ3n) is 10.6. The molecule has 0 fully saturated rings. The third-order valence-corrected chi connectivity index (χ3v) is 15.6. The van der Waals surface area contributed by atoms with Gasteiger partial charge in [-0.2, -0.15) is 0 Å². The molecule has 3 nitrogen and oxygen atoms in total. The number of fused-ring (bicyclic) bond motifs is 3. The molecule has 8 aromatic carbocycles. The first-order valence-electron chi connectivity index (χ1n) is 18.7. The lowest BCUT2D eigenvalue weighted by atomic mass is 9.99. The molecule has 56 heavy (non-hydrogen) atoms. The molecule has 5 heteroatoms. The van der Waals surface area contributed by atoms with Crippen molar-refractivity contribution >= 4 is 33.8 Å². The number of hydrogen-bond acceptors (Lipinski definition) is 4. The molecule has 0 N–H and O–H groups in total. The summed E-state index contributed by atoms with van der Waals surface area (Å²) in [5, 5.41) is 3.81. The Balaban J connectivity index is 0.916. The standard InChI is InChI=1S/C51H34N3PS/c56-55(47-17-9-7-15-45(47)46-16-8-10-18-48(46)55)44-33-31-40(32-34-44)38-21-19-37(20-22-38)39-25-29-43(30-26-39)51-53-49(41-13-5-2-6-14-41)52-50(54-51)42-27-23-36(24-28-42)35-11-3-1-4-12-35/h1-34H. The van der Waals surface area contributed by atoms with E-state index in [-0.39, 0.29) is 0 Å². The second-order valence-corrected chi connectivity index (χ2v) is 18.3. The maximum Gasteiger partial charge on any atom is 0.164 e. The van der Waals surface area contributed by atoms with Gasteiger partial charge in [0.1, 0.15) is 0 Å². The van der Waals surface area contributed by atoms with Crippen molar-refractivity contribution < 1.29 is 0 Å². The van der Waals surface area contributed by atoms with Crippen LogP contribution in [0.3, 0.4) is 0 Å². The van der Waals surface area contributed by atoms with Crippen molar-refractivity contribution in [2.75, 3.05) is 0 Å². The van der Waals surface area contributed by atoms with Gasteiger partial charge in [-0.05, 0) is 49.8 Å². The molecular weight excluding hydrogens is 718 g/mol. The molecule has 0 atom stereocenters. The Labute approximate surface area is 332 Å². The second kappa shape index (κ2) is 14.2. The molecule has 9 aromatic rings. The number of nitrogens with zero attached hydrogens (tertiary/aromatic N) is 3. The molecule has 0 aliphatic carbocycles. The van der Waals surface area contributed by atoms with Crippen LogP contribution in [0.5, 0.6) is 0 Å². The summed E-state index contributed by atoms with van der Waals surface area (Å²) in [5.41, 5.74) is 12.3. The van der Waals surface area contributed by atoms with Crippen LogP contribution < -0.4 is 15.9 Å². The van der Waals surface area contributed by atoms with Gasteiger partial charge in [0.05, 0.1) is 0 Å². The second-order valence-electron chi connectivity index (χ2n) is 14.0. The van der Waals surface area contributed by atoms with Crippen LogP contribution in [-0.4, -0.2) is 15.0 Å². The predicted octanol–water partition coefficient (Wildman–Crippen LogP) is 11.6. The number of benzene rings is 8. The average Bonchev–Trinajstić information content (AvgIpc) is 3.55. The molecule has 1 aliphatic heterocycles. The van der Waals surface area contributed by atoms with E-state index in [4.69, 9.17) is 26.8 Å². The summed E-state index contributed by atoms with van der Waals surface area (Å²) >= 11 is 6.59. The minimum Gasteiger partial charge on any atom is -0.208 e. The van der Waals surface area contributed by atoms with E-state index in [9.17, 15) is 0 Å². The van der Waals surface area contributed by atoms with E-state index in [1.54, 1.807) is 0 Å². The molecule has 0 radical (unpaired) electrons. The van der Waals surface area contributed by atoms with Gasteiger partial charge in [0.15, 0.2) is 17.5 Å². The summed E-state index contributed by atoms with van der Waals surface area (Å²) in [6.07, 6.45) is 0. The lowest BCUT2D eigenvalue weighted by Gasteiger charge is -2.20. The molecule has 0 unspecified atom stereocenters. The van der Waals surface area contributed by atoms with Gasteiger partial charge in [-0.3, -0.25) is 0 Å². The Morgan fingerprint density at radius 3 is 0.929 bits per heavy atom. The van der Waals surface area contributed by atoms with Gasteiger partial charge in [-0.25, -0.2) is 15.0 Å². The molecule has 0 bridgehead atoms. The van der Waals surface area contributed by atoms with Gasteiger partial charge in [-0.1, -0.05) is 218 Å². The van der Waals surface area contributed by atoms with Crippen molar-refractivity contribution in [2.24, 2.45) is 0 Å². The SMILES string of the molecule is S=P1(c2ccc(-c3ccc(-c4ccc(-c5nc(-c6ccccc6)nc(-c6ccc(-c7ccccc7)cc6)n5)cc4)cc3)cc2)c2ccccc2-c2ccccc21. The van der Waals surface area contributed by atoms with Crippen molar-refractivity contribution in [1.82, 2.24) is 15.0 Å². The maximum atomic E-state index is 6.59. The summed E-state index contributed by atoms with van der Waals surface area (Å²) in [6.45, 7) is 0. The van der Waals surface area contributed by atoms with Crippen LogP contribution >= 0.6 is 6.04 Å². The van der Waals surface area contributed by atoms with Crippen molar-refractivity contribution in [3.8, 4) is 78.7 Å². The molecule has 1 aliphatic rings. The van der Waals surface area contributed by atoms with E-state index in [2.05, 4.69) is 170 Å². The number of rotatable bonds is 7. The highest BCUT2D eigenvalue weighted by molar-refractivity contribution is 8.26. The highest BCUT2D eigenvalue weighted by atomic mass is 32.4. The fourth-order valence-corrected chi connectivity index (χ4v) is 12.0. The van der Waals surface area contributed by atoms with Crippen LogP contribution in [0.15, 0.2) is 206 Å². The molecule has 0 saturated heterocycles. The zero-order valence-electron chi connectivity index (χ0n) is 30.3. The largest absolute Gasteiger partial charge is 0.208 e. The summed E-state index contributed by atoms with van der Waals surface area (Å²) < 4.78 is 0. The van der Waals surface area contributed by atoms with Gasteiger partial charge in [0.25, 0.3) is 0 Å². The molecular formula is C51H34N3PS. The van der Waals surface area contributed by atoms with E-state index in [0.717, 1.165) is 33.4 Å². The van der Waals surface area contributed by atoms with Gasteiger partial charge in [-0.15, -0.1) is 0 Å². The Hall–Kier alpha value is -6.58. The zero-order chi connectivity index (χ0) is 37.5. The van der Waals surface area contributed by atoms with E-state index in [1.807, 2.05) is 36.4 Å². The fraction of sp³-hybridized carbons (Fsp3) is 0. The Morgan fingerprint density at radius 1 is 0.268 bits per heavy atom. The Morgan fingerprint density at radius 2 is 0.536 bits per heavy atom. The molecule has 0 spiro atoms. The first-order valence-corrected chi connectivity index (χ1v) is 21.5. The van der Waals surface area contributed by atoms with E-state index >= 15 is 0 Å². The van der Waals surface area contributed by atoms with Crippen molar-refractivity contribution in [2.45, 2.75) is 0 Å². The molecule has 1 aromatic heterocycles. The minimum absolute atomic E-state index is 0.638. The first-order chi connectivity index (χ1) is 27.6. The topological polar surface area (TPSA) is 38.7 Å². The lowest BCUT2D eigenvalue weighted by molar-refractivity contribution is 1.07. The quantitative estimate of drug-likeness (QED) is 0.152. The molecule has 0 amide bonds. The van der Waals surface area contributed by atoms with Gasteiger partial charge < -0.3 is 0 Å². The van der Waals surface area contributed by atoms with Gasteiger partial charge in [0.2, 0.25) is 0 Å². The van der Waals surface area contributed by atoms with Gasteiger partial charge in [0, 0.05) is 33.3 Å². The predicted molar refractivity (Wildman–Crippen MR) is 238 cm³/mol. The zero-order valence-corrected chi connectivity index (χ0v) is 32.0. The minimum atomic E-state index is -2.12. The molecule has 10 rings (SSSR count). The number of hydrogen-bond donors (Lipinski definition) is 0. The summed E-state index contributed by atoms with van der Waals surface area (Å²) in [6, 6.07) is 70.3. The molecule has 264 valence electrons. The van der Waals surface area contributed by atoms with Crippen molar-refractivity contribution in [1.29, 1.82) is 0 Å².